The van der Waals surface area contributed by atoms with E-state index in [4.69, 9.17) is 14.2 Å². The van der Waals surface area contributed by atoms with Gasteiger partial charge in [-0.15, -0.1) is 0 Å². The molecule has 0 fully saturated rings. The summed E-state index contributed by atoms with van der Waals surface area (Å²) in [5, 5.41) is 0. The van der Waals surface area contributed by atoms with Crippen LogP contribution >= 0.6 is 0 Å². The maximum Gasteiger partial charge on any atom is 0.306 e. The molecule has 0 N–H and O–H groups in total. The SMILES string of the molecule is CC/C=C\C/C=C\C/C=C\C/C=C\C/C=C\C/C=C\C/C=C\C/C=C\CCCCCCC(=O)OCC(COC(=O)CCCCCCC/C=C\CCC)OC(=O)CCCCCCCCCCCCCCCCC. The van der Waals surface area contributed by atoms with Crippen LogP contribution in [0.1, 0.15) is 271 Å². The quantitative estimate of drug-likeness (QED) is 0.0261. The molecule has 6 nitrogen and oxygen atoms in total. The Kier molecular flexibility index (Phi) is 56.4. The molecule has 0 heterocycles. The van der Waals surface area contributed by atoms with Crippen molar-refractivity contribution in [3.8, 4) is 0 Å². The Balaban J connectivity index is 4.31. The molecule has 0 aromatic rings. The molecular weight excluding hydrogens is 889 g/mol. The van der Waals surface area contributed by atoms with Crippen LogP contribution in [0.15, 0.2) is 109 Å². The standard InChI is InChI=1S/C66H110O6/c1-4-7-10-13-16-19-22-24-26-27-28-29-30-31-32-33-34-35-36-37-38-39-41-42-44-47-50-53-56-59-65(68)71-62-63(61-70-64(67)58-55-52-49-46-21-18-15-12-9-6-3)72-66(69)60-57-54-51-48-45-43-40-25-23-20-17-14-11-8-5-2/h7,10,12,15-16,19,24,26,28-29,31-32,34-35,37-38,41-42,63H,4-6,8-9,11,13-14,17-18,20-23,25,27,30,33,36,39-40,43-62H2,1-3H3/b10-7-,15-12-,19-16-,26-24-,29-28-,32-31-,35-34-,38-37-,42-41-. The highest BCUT2D eigenvalue weighted by Gasteiger charge is 2.19. The van der Waals surface area contributed by atoms with Gasteiger partial charge in [-0.2, -0.15) is 0 Å². The van der Waals surface area contributed by atoms with E-state index in [9.17, 15) is 14.4 Å². The van der Waals surface area contributed by atoms with Crippen LogP contribution in [0.2, 0.25) is 0 Å². The summed E-state index contributed by atoms with van der Waals surface area (Å²) in [6, 6.07) is 0. The summed E-state index contributed by atoms with van der Waals surface area (Å²) in [6.45, 7) is 6.44. The van der Waals surface area contributed by atoms with Crippen molar-refractivity contribution < 1.29 is 28.6 Å². The van der Waals surface area contributed by atoms with E-state index in [1.54, 1.807) is 0 Å². The van der Waals surface area contributed by atoms with Crippen molar-refractivity contribution in [1.29, 1.82) is 0 Å². The van der Waals surface area contributed by atoms with Crippen LogP contribution in [0.5, 0.6) is 0 Å². The maximum absolute atomic E-state index is 12.8. The van der Waals surface area contributed by atoms with E-state index in [-0.39, 0.29) is 31.1 Å². The number of hydrogen-bond acceptors (Lipinski definition) is 6. The van der Waals surface area contributed by atoms with Crippen molar-refractivity contribution in [2.75, 3.05) is 13.2 Å². The van der Waals surface area contributed by atoms with Gasteiger partial charge < -0.3 is 14.2 Å². The largest absolute Gasteiger partial charge is 0.462 e. The number of allylic oxidation sites excluding steroid dienone is 18. The smallest absolute Gasteiger partial charge is 0.306 e. The maximum atomic E-state index is 12.8. The van der Waals surface area contributed by atoms with E-state index in [0.29, 0.717) is 19.3 Å². The lowest BCUT2D eigenvalue weighted by molar-refractivity contribution is -0.167. The normalized spacial score (nSPS) is 12.9. The molecule has 0 aromatic carbocycles. The molecule has 0 bridgehead atoms. The number of unbranched alkanes of at least 4 members (excludes halogenated alkanes) is 24. The van der Waals surface area contributed by atoms with Crippen molar-refractivity contribution in [2.24, 2.45) is 0 Å². The predicted octanol–water partition coefficient (Wildman–Crippen LogP) is 20.3. The molecule has 0 saturated heterocycles. The molecule has 0 aliphatic rings. The minimum absolute atomic E-state index is 0.0897. The fourth-order valence-corrected chi connectivity index (χ4v) is 8.05. The van der Waals surface area contributed by atoms with Gasteiger partial charge in [-0.3, -0.25) is 14.4 Å². The zero-order valence-electron chi connectivity index (χ0n) is 46.9. The van der Waals surface area contributed by atoms with Gasteiger partial charge in [-0.25, -0.2) is 0 Å². The van der Waals surface area contributed by atoms with Crippen molar-refractivity contribution in [3.05, 3.63) is 109 Å². The van der Waals surface area contributed by atoms with E-state index in [0.717, 1.165) is 141 Å². The van der Waals surface area contributed by atoms with Gasteiger partial charge in [0.1, 0.15) is 13.2 Å². The summed E-state index contributed by atoms with van der Waals surface area (Å²) in [4.78, 5) is 38.1. The first-order valence-corrected chi connectivity index (χ1v) is 29.9. The Morgan fingerprint density at radius 3 is 0.917 bits per heavy atom. The predicted molar refractivity (Wildman–Crippen MR) is 311 cm³/mol. The first-order valence-electron chi connectivity index (χ1n) is 29.9. The molecule has 0 rings (SSSR count). The average molecular weight is 1000 g/mol. The van der Waals surface area contributed by atoms with Gasteiger partial charge >= 0.3 is 17.9 Å². The molecular formula is C66H110O6. The monoisotopic (exact) mass is 999 g/mol. The van der Waals surface area contributed by atoms with E-state index in [1.807, 2.05) is 0 Å². The molecule has 1 unspecified atom stereocenters. The average Bonchev–Trinajstić information content (AvgIpc) is 3.38. The third kappa shape index (κ3) is 57.0. The van der Waals surface area contributed by atoms with E-state index in [1.165, 1.54) is 89.9 Å². The summed E-state index contributed by atoms with van der Waals surface area (Å²) in [5.74, 6) is -0.922. The fourth-order valence-electron chi connectivity index (χ4n) is 8.05. The highest BCUT2D eigenvalue weighted by molar-refractivity contribution is 5.71. The van der Waals surface area contributed by atoms with Gasteiger partial charge in [0.2, 0.25) is 0 Å². The molecule has 72 heavy (non-hydrogen) atoms. The third-order valence-electron chi connectivity index (χ3n) is 12.5. The highest BCUT2D eigenvalue weighted by atomic mass is 16.6. The molecule has 0 radical (unpaired) electrons. The molecule has 0 aliphatic heterocycles. The molecule has 0 amide bonds. The Morgan fingerprint density at radius 1 is 0.292 bits per heavy atom. The van der Waals surface area contributed by atoms with Crippen LogP contribution in [0.3, 0.4) is 0 Å². The van der Waals surface area contributed by atoms with Gasteiger partial charge in [-0.05, 0) is 103 Å². The van der Waals surface area contributed by atoms with Crippen LogP contribution in [-0.2, 0) is 28.6 Å². The van der Waals surface area contributed by atoms with E-state index < -0.39 is 6.10 Å². The number of esters is 3. The van der Waals surface area contributed by atoms with Crippen LogP contribution < -0.4 is 0 Å². The van der Waals surface area contributed by atoms with Gasteiger partial charge in [0.05, 0.1) is 0 Å². The van der Waals surface area contributed by atoms with E-state index >= 15 is 0 Å². The van der Waals surface area contributed by atoms with Crippen LogP contribution in [0.4, 0.5) is 0 Å². The molecule has 410 valence electrons. The lowest BCUT2D eigenvalue weighted by Crippen LogP contribution is -2.30. The Hall–Kier alpha value is -3.93. The minimum atomic E-state index is -0.791. The van der Waals surface area contributed by atoms with E-state index in [2.05, 4.69) is 130 Å². The molecule has 6 heteroatoms. The lowest BCUT2D eigenvalue weighted by atomic mass is 10.0. The lowest BCUT2D eigenvalue weighted by Gasteiger charge is -2.18. The molecule has 0 spiro atoms. The van der Waals surface area contributed by atoms with Gasteiger partial charge in [-0.1, -0.05) is 259 Å². The molecule has 0 aliphatic carbocycles. The van der Waals surface area contributed by atoms with Gasteiger partial charge in [0.25, 0.3) is 0 Å². The summed E-state index contributed by atoms with van der Waals surface area (Å²) in [7, 11) is 0. The first-order chi connectivity index (χ1) is 35.5. The Morgan fingerprint density at radius 2 is 0.569 bits per heavy atom. The van der Waals surface area contributed by atoms with Crippen molar-refractivity contribution in [2.45, 2.75) is 277 Å². The number of ether oxygens (including phenoxy) is 3. The Bertz CT molecular complexity index is 1470. The number of carbonyl (C=O) groups is 3. The van der Waals surface area contributed by atoms with Crippen molar-refractivity contribution >= 4 is 17.9 Å². The summed E-state index contributed by atoms with van der Waals surface area (Å²) in [6.07, 6.45) is 80.9. The molecule has 0 aromatic heterocycles. The van der Waals surface area contributed by atoms with Gasteiger partial charge in [0.15, 0.2) is 6.10 Å². The van der Waals surface area contributed by atoms with Crippen LogP contribution in [0.25, 0.3) is 0 Å². The van der Waals surface area contributed by atoms with Crippen molar-refractivity contribution in [3.63, 3.8) is 0 Å². The molecule has 1 atom stereocenters. The molecule has 0 saturated carbocycles. The van der Waals surface area contributed by atoms with Crippen molar-refractivity contribution in [1.82, 2.24) is 0 Å². The number of hydrogen-bond donors (Lipinski definition) is 0. The van der Waals surface area contributed by atoms with Crippen LogP contribution in [0, 0.1) is 0 Å². The number of rotatable bonds is 53. The zero-order chi connectivity index (χ0) is 52.2. The summed E-state index contributed by atoms with van der Waals surface area (Å²) >= 11 is 0. The third-order valence-corrected chi connectivity index (χ3v) is 12.5. The second-order valence-electron chi connectivity index (χ2n) is 19.5. The second kappa shape index (κ2) is 59.6. The highest BCUT2D eigenvalue weighted by Crippen LogP contribution is 2.15. The first kappa shape index (κ1) is 68.1. The minimum Gasteiger partial charge on any atom is -0.462 e. The summed E-state index contributed by atoms with van der Waals surface area (Å²) < 4.78 is 16.8. The topological polar surface area (TPSA) is 78.9 Å². The van der Waals surface area contributed by atoms with Crippen LogP contribution in [-0.4, -0.2) is 37.2 Å². The number of carbonyl (C=O) groups excluding carboxylic acids is 3. The Labute approximate surface area is 444 Å². The zero-order valence-corrected chi connectivity index (χ0v) is 46.9. The second-order valence-corrected chi connectivity index (χ2v) is 19.5. The summed E-state index contributed by atoms with van der Waals surface area (Å²) in [5.41, 5.74) is 0. The van der Waals surface area contributed by atoms with Gasteiger partial charge in [0, 0.05) is 19.3 Å². The fraction of sp³-hybridized carbons (Fsp3) is 0.682.